The second kappa shape index (κ2) is 14.8. The molecule has 0 saturated carbocycles. The van der Waals surface area contributed by atoms with Crippen molar-refractivity contribution < 1.29 is 23.9 Å². The third-order valence-corrected chi connectivity index (χ3v) is 4.09. The quantitative estimate of drug-likeness (QED) is 0.187. The lowest BCUT2D eigenvalue weighted by atomic mass is 10.1. The number of carboxylic acid groups (broad SMARTS) is 1. The van der Waals surface area contributed by atoms with Crippen molar-refractivity contribution in [2.24, 2.45) is 0 Å². The highest BCUT2D eigenvalue weighted by Crippen LogP contribution is 2.11. The van der Waals surface area contributed by atoms with Crippen LogP contribution in [-0.2, 0) is 14.3 Å². The molecule has 1 atom stereocenters. The van der Waals surface area contributed by atoms with E-state index in [1.807, 2.05) is 21.1 Å². The van der Waals surface area contributed by atoms with Gasteiger partial charge < -0.3 is 14.3 Å². The van der Waals surface area contributed by atoms with E-state index >= 15 is 0 Å². The van der Waals surface area contributed by atoms with Gasteiger partial charge in [0.2, 0.25) is 0 Å². The molecule has 0 spiro atoms. The highest BCUT2D eigenvalue weighted by atomic mass is 16.5. The second-order valence-corrected chi connectivity index (χ2v) is 8.10. The van der Waals surface area contributed by atoms with Crippen LogP contribution in [0.3, 0.4) is 0 Å². The second-order valence-electron chi connectivity index (χ2n) is 8.10. The van der Waals surface area contributed by atoms with Crippen LogP contribution in [0.15, 0.2) is 12.2 Å². The third-order valence-electron chi connectivity index (χ3n) is 4.09. The molecule has 0 aliphatic rings. The summed E-state index contributed by atoms with van der Waals surface area (Å²) in [7, 11) is 5.88. The number of aliphatic carboxylic acids is 1. The molecule has 5 nitrogen and oxygen atoms in total. The Balaban J connectivity index is 3.79. The Hall–Kier alpha value is -1.36. The summed E-state index contributed by atoms with van der Waals surface area (Å²) in [4.78, 5) is 22.9. The van der Waals surface area contributed by atoms with Crippen molar-refractivity contribution in [3.05, 3.63) is 12.2 Å². The molecule has 0 radical (unpaired) electrons. The van der Waals surface area contributed by atoms with Crippen LogP contribution in [-0.4, -0.2) is 55.3 Å². The zero-order valence-electron chi connectivity index (χ0n) is 17.3. The fraction of sp³-hybridized carbons (Fsp3) is 0.810. The summed E-state index contributed by atoms with van der Waals surface area (Å²) in [5.41, 5.74) is 0. The van der Waals surface area contributed by atoms with Crippen molar-refractivity contribution in [2.45, 2.75) is 83.7 Å². The largest absolute Gasteiger partial charge is 0.481 e. The number of likely N-dealkylation sites (N-methyl/N-ethyl adjacent to an activating group) is 1. The summed E-state index contributed by atoms with van der Waals surface area (Å²) < 4.78 is 5.95. The number of allylic oxidation sites excluding steroid dienone is 2. The van der Waals surface area contributed by atoms with Crippen molar-refractivity contribution in [3.63, 3.8) is 0 Å². The maximum atomic E-state index is 11.9. The topological polar surface area (TPSA) is 63.6 Å². The van der Waals surface area contributed by atoms with Gasteiger partial charge >= 0.3 is 11.9 Å². The summed E-state index contributed by atoms with van der Waals surface area (Å²) in [6.07, 6.45) is 14.5. The van der Waals surface area contributed by atoms with Crippen LogP contribution in [0.4, 0.5) is 0 Å². The Morgan fingerprint density at radius 2 is 1.54 bits per heavy atom. The molecule has 26 heavy (non-hydrogen) atoms. The molecule has 0 rings (SSSR count). The highest BCUT2D eigenvalue weighted by molar-refractivity contribution is 5.71. The minimum absolute atomic E-state index is 0.132. The smallest absolute Gasteiger partial charge is 0.307 e. The summed E-state index contributed by atoms with van der Waals surface area (Å²) in [6, 6.07) is 0. The van der Waals surface area contributed by atoms with Crippen LogP contribution in [0.25, 0.3) is 0 Å². The predicted molar refractivity (Wildman–Crippen MR) is 106 cm³/mol. The number of hydrogen-bond donors (Lipinski definition) is 1. The molecule has 0 saturated heterocycles. The van der Waals surface area contributed by atoms with E-state index in [1.165, 1.54) is 32.1 Å². The summed E-state index contributed by atoms with van der Waals surface area (Å²) in [6.45, 7) is 2.71. The number of carboxylic acids is 1. The summed E-state index contributed by atoms with van der Waals surface area (Å²) in [5.74, 6) is -1.21. The molecule has 0 aromatic carbocycles. The van der Waals surface area contributed by atoms with E-state index < -0.39 is 12.1 Å². The molecule has 0 aromatic heterocycles. The van der Waals surface area contributed by atoms with Gasteiger partial charge in [-0.2, -0.15) is 0 Å². The Morgan fingerprint density at radius 3 is 2.12 bits per heavy atom. The van der Waals surface area contributed by atoms with Crippen molar-refractivity contribution in [3.8, 4) is 0 Å². The average Bonchev–Trinajstić information content (AvgIpc) is 2.50. The van der Waals surface area contributed by atoms with Gasteiger partial charge in [-0.25, -0.2) is 0 Å². The lowest BCUT2D eigenvalue weighted by molar-refractivity contribution is -0.873. The van der Waals surface area contributed by atoms with Gasteiger partial charge in [0.25, 0.3) is 0 Å². The van der Waals surface area contributed by atoms with E-state index in [0.717, 1.165) is 25.7 Å². The minimum atomic E-state index is -0.931. The first-order chi connectivity index (χ1) is 12.2. The number of esters is 1. The van der Waals surface area contributed by atoms with Crippen LogP contribution in [0.1, 0.15) is 77.6 Å². The third kappa shape index (κ3) is 17.5. The first kappa shape index (κ1) is 24.6. The van der Waals surface area contributed by atoms with Crippen molar-refractivity contribution in [1.82, 2.24) is 0 Å². The van der Waals surface area contributed by atoms with Crippen LogP contribution in [0.5, 0.6) is 0 Å². The van der Waals surface area contributed by atoms with E-state index in [-0.39, 0.29) is 12.4 Å². The maximum absolute atomic E-state index is 11.9. The fourth-order valence-corrected chi connectivity index (χ4v) is 2.81. The van der Waals surface area contributed by atoms with Gasteiger partial charge in [0.05, 0.1) is 27.6 Å². The molecule has 0 amide bonds. The van der Waals surface area contributed by atoms with Gasteiger partial charge in [0.15, 0.2) is 6.10 Å². The number of rotatable bonds is 16. The molecule has 0 heterocycles. The molecule has 0 aliphatic heterocycles. The van der Waals surface area contributed by atoms with E-state index in [4.69, 9.17) is 9.84 Å². The monoisotopic (exact) mass is 370 g/mol. The van der Waals surface area contributed by atoms with Crippen molar-refractivity contribution in [2.75, 3.05) is 27.7 Å². The van der Waals surface area contributed by atoms with Crippen LogP contribution < -0.4 is 0 Å². The van der Waals surface area contributed by atoms with E-state index in [2.05, 4.69) is 19.1 Å². The highest BCUT2D eigenvalue weighted by Gasteiger charge is 2.24. The normalized spacial score (nSPS) is 13.1. The molecular weight excluding hydrogens is 330 g/mol. The van der Waals surface area contributed by atoms with E-state index in [0.29, 0.717) is 17.4 Å². The lowest BCUT2D eigenvalue weighted by Crippen LogP contribution is -2.43. The van der Waals surface area contributed by atoms with Crippen LogP contribution in [0, 0.1) is 0 Å². The van der Waals surface area contributed by atoms with Crippen LogP contribution >= 0.6 is 0 Å². The lowest BCUT2D eigenvalue weighted by Gasteiger charge is -2.28. The zero-order valence-corrected chi connectivity index (χ0v) is 17.3. The van der Waals surface area contributed by atoms with E-state index in [9.17, 15) is 9.59 Å². The number of carbonyl (C=O) groups excluding carboxylic acids is 1. The Morgan fingerprint density at radius 1 is 0.962 bits per heavy atom. The molecule has 0 aliphatic carbocycles. The number of carbonyl (C=O) groups is 2. The van der Waals surface area contributed by atoms with Crippen LogP contribution in [0.2, 0.25) is 0 Å². The Kier molecular flexibility index (Phi) is 14.0. The summed E-state index contributed by atoms with van der Waals surface area (Å²) in [5, 5.41) is 8.97. The molecule has 0 fully saturated rings. The number of nitrogens with zero attached hydrogens (tertiary/aromatic N) is 1. The number of unbranched alkanes of at least 4 members (excludes halogenated alkanes) is 7. The molecule has 5 heteroatoms. The average molecular weight is 371 g/mol. The maximum Gasteiger partial charge on any atom is 0.307 e. The standard InChI is InChI=1S/C21H39NO4/c1-5-6-7-8-9-10-11-12-13-14-15-16-21(25)26-19(17-20(23)24)18-22(2,3)4/h8-9,19H,5-7,10-18H2,1-4H3/p+1/b9-8-. The Labute approximate surface area is 160 Å². The van der Waals surface area contributed by atoms with Gasteiger partial charge in [0, 0.05) is 6.42 Å². The zero-order chi connectivity index (χ0) is 19.8. The number of quaternary nitrogens is 1. The summed E-state index contributed by atoms with van der Waals surface area (Å²) >= 11 is 0. The molecular formula is C21H40NO4+. The number of ether oxygens (including phenoxy) is 1. The Bertz CT molecular complexity index is 413. The SMILES string of the molecule is CCCC/C=C\CCCCCCCC(=O)OC(CC(=O)O)C[N+](C)(C)C. The minimum Gasteiger partial charge on any atom is -0.481 e. The predicted octanol–water partition coefficient (Wildman–Crippen LogP) is 4.56. The van der Waals surface area contributed by atoms with E-state index in [1.54, 1.807) is 0 Å². The molecule has 0 aromatic rings. The molecule has 0 bridgehead atoms. The van der Waals surface area contributed by atoms with Gasteiger partial charge in [-0.15, -0.1) is 0 Å². The molecule has 1 unspecified atom stereocenters. The van der Waals surface area contributed by atoms with Crippen molar-refractivity contribution in [1.29, 1.82) is 0 Å². The fourth-order valence-electron chi connectivity index (χ4n) is 2.81. The van der Waals surface area contributed by atoms with Gasteiger partial charge in [-0.05, 0) is 25.7 Å². The van der Waals surface area contributed by atoms with Crippen molar-refractivity contribution >= 4 is 11.9 Å². The number of hydrogen-bond acceptors (Lipinski definition) is 3. The first-order valence-electron chi connectivity index (χ1n) is 10.1. The molecule has 152 valence electrons. The van der Waals surface area contributed by atoms with Gasteiger partial charge in [0.1, 0.15) is 6.54 Å². The first-order valence-corrected chi connectivity index (χ1v) is 10.1. The van der Waals surface area contributed by atoms with Gasteiger partial charge in [-0.1, -0.05) is 51.2 Å². The van der Waals surface area contributed by atoms with Gasteiger partial charge in [-0.3, -0.25) is 9.59 Å². The molecule has 1 N–H and O–H groups in total.